The molecule has 0 aromatic rings. The van der Waals surface area contributed by atoms with Gasteiger partial charge in [-0.25, -0.2) is 13.6 Å². The van der Waals surface area contributed by atoms with E-state index in [1.165, 1.54) is 0 Å². The Bertz CT molecular complexity index is 386. The van der Waals surface area contributed by atoms with Gasteiger partial charge in [0.1, 0.15) is 0 Å². The maximum Gasteiger partial charge on any atom is 0.324 e. The molecule has 10 heteroatoms. The molecule has 0 aliphatic carbocycles. The molecule has 122 valence electrons. The van der Waals surface area contributed by atoms with Crippen LogP contribution in [0.4, 0.5) is 22.4 Å². The molecule has 3 N–H and O–H groups in total. The number of carboxylic acids is 1. The fourth-order valence-corrected chi connectivity index (χ4v) is 1.82. The molecule has 1 saturated heterocycles. The van der Waals surface area contributed by atoms with E-state index in [-0.39, 0.29) is 32.6 Å². The number of ether oxygens (including phenoxy) is 1. The summed E-state index contributed by atoms with van der Waals surface area (Å²) in [6, 6.07) is -1.12. The van der Waals surface area contributed by atoms with E-state index in [0.717, 1.165) is 0 Å². The Morgan fingerprint density at radius 3 is 2.29 bits per heavy atom. The number of carbonyl (C=O) groups is 2. The van der Waals surface area contributed by atoms with Gasteiger partial charge in [-0.05, 0) is 12.8 Å². The van der Waals surface area contributed by atoms with E-state index in [1.807, 2.05) is 0 Å². The van der Waals surface area contributed by atoms with E-state index in [4.69, 9.17) is 4.74 Å². The van der Waals surface area contributed by atoms with Gasteiger partial charge in [0.05, 0.1) is 12.0 Å². The molecule has 0 spiro atoms. The Morgan fingerprint density at radius 2 is 1.81 bits per heavy atom. The van der Waals surface area contributed by atoms with Crippen molar-refractivity contribution in [3.63, 3.8) is 0 Å². The average Bonchev–Trinajstić information content (AvgIpc) is 2.43. The quantitative estimate of drug-likeness (QED) is 0.640. The SMILES string of the molecule is O=C(NCC1(C(=O)O)CCOCC1)NCC(F)(F)C(F)F. The summed E-state index contributed by atoms with van der Waals surface area (Å²) >= 11 is 0. The average molecular weight is 316 g/mol. The van der Waals surface area contributed by atoms with Crippen molar-refractivity contribution in [3.8, 4) is 0 Å². The number of halogens is 4. The number of hydrogen-bond acceptors (Lipinski definition) is 3. The minimum atomic E-state index is -4.33. The number of rotatable bonds is 6. The molecule has 0 bridgehead atoms. The third-order valence-corrected chi connectivity index (χ3v) is 3.29. The second-order valence-electron chi connectivity index (χ2n) is 4.80. The topological polar surface area (TPSA) is 87.7 Å². The minimum Gasteiger partial charge on any atom is -0.481 e. The highest BCUT2D eigenvalue weighted by molar-refractivity contribution is 5.78. The predicted molar refractivity (Wildman–Crippen MR) is 62.5 cm³/mol. The molecule has 1 heterocycles. The molecule has 0 saturated carbocycles. The van der Waals surface area contributed by atoms with Crippen LogP contribution in [0.2, 0.25) is 0 Å². The molecule has 0 radical (unpaired) electrons. The van der Waals surface area contributed by atoms with Gasteiger partial charge < -0.3 is 20.5 Å². The van der Waals surface area contributed by atoms with Crippen LogP contribution in [0.5, 0.6) is 0 Å². The van der Waals surface area contributed by atoms with Crippen LogP contribution in [0.3, 0.4) is 0 Å². The summed E-state index contributed by atoms with van der Waals surface area (Å²) in [6.07, 6.45) is -3.57. The van der Waals surface area contributed by atoms with Crippen molar-refractivity contribution in [1.82, 2.24) is 10.6 Å². The maximum atomic E-state index is 12.6. The minimum absolute atomic E-state index is 0.163. The second-order valence-corrected chi connectivity index (χ2v) is 4.80. The zero-order valence-corrected chi connectivity index (χ0v) is 11.0. The van der Waals surface area contributed by atoms with Crippen molar-refractivity contribution in [3.05, 3.63) is 0 Å². The third-order valence-electron chi connectivity index (χ3n) is 3.29. The summed E-state index contributed by atoms with van der Waals surface area (Å²) in [5.74, 6) is -5.47. The van der Waals surface area contributed by atoms with Crippen LogP contribution in [0, 0.1) is 5.41 Å². The lowest BCUT2D eigenvalue weighted by Gasteiger charge is -2.33. The van der Waals surface area contributed by atoms with Crippen molar-refractivity contribution in [1.29, 1.82) is 0 Å². The van der Waals surface area contributed by atoms with Gasteiger partial charge >= 0.3 is 24.3 Å². The lowest BCUT2D eigenvalue weighted by molar-refractivity contribution is -0.154. The van der Waals surface area contributed by atoms with E-state index in [9.17, 15) is 32.3 Å². The summed E-state index contributed by atoms with van der Waals surface area (Å²) in [4.78, 5) is 22.5. The summed E-state index contributed by atoms with van der Waals surface area (Å²) in [5.41, 5.74) is -1.24. The number of nitrogens with one attached hydrogen (secondary N) is 2. The lowest BCUT2D eigenvalue weighted by Crippen LogP contribution is -2.51. The van der Waals surface area contributed by atoms with Crippen molar-refractivity contribution < 1.29 is 37.0 Å². The Morgan fingerprint density at radius 1 is 1.24 bits per heavy atom. The van der Waals surface area contributed by atoms with Gasteiger partial charge in [0.15, 0.2) is 0 Å². The number of urea groups is 1. The summed E-state index contributed by atoms with van der Waals surface area (Å²) in [7, 11) is 0. The largest absolute Gasteiger partial charge is 0.481 e. The van der Waals surface area contributed by atoms with Gasteiger partial charge in [-0.2, -0.15) is 8.78 Å². The van der Waals surface area contributed by atoms with E-state index in [2.05, 4.69) is 5.32 Å². The highest BCUT2D eigenvalue weighted by atomic mass is 19.3. The molecule has 2 amide bonds. The van der Waals surface area contributed by atoms with E-state index in [1.54, 1.807) is 5.32 Å². The molecule has 0 unspecified atom stereocenters. The van der Waals surface area contributed by atoms with Crippen LogP contribution < -0.4 is 10.6 Å². The van der Waals surface area contributed by atoms with Crippen LogP contribution in [0.15, 0.2) is 0 Å². The second kappa shape index (κ2) is 6.92. The van der Waals surface area contributed by atoms with Crippen molar-refractivity contribution in [2.45, 2.75) is 25.2 Å². The smallest absolute Gasteiger partial charge is 0.324 e. The number of carboxylic acid groups (broad SMARTS) is 1. The Hall–Kier alpha value is -1.58. The summed E-state index contributed by atoms with van der Waals surface area (Å²) < 4.78 is 54.0. The Balaban J connectivity index is 2.46. The molecule has 1 aliphatic heterocycles. The van der Waals surface area contributed by atoms with Gasteiger partial charge in [0, 0.05) is 19.8 Å². The molecule has 6 nitrogen and oxygen atoms in total. The van der Waals surface area contributed by atoms with Gasteiger partial charge in [0.25, 0.3) is 0 Å². The third kappa shape index (κ3) is 4.73. The zero-order valence-electron chi connectivity index (χ0n) is 11.0. The molecule has 1 aliphatic rings. The van der Waals surface area contributed by atoms with Crippen LogP contribution in [0.25, 0.3) is 0 Å². The van der Waals surface area contributed by atoms with Crippen LogP contribution in [0.1, 0.15) is 12.8 Å². The van der Waals surface area contributed by atoms with Crippen molar-refractivity contribution >= 4 is 12.0 Å². The highest BCUT2D eigenvalue weighted by Gasteiger charge is 2.42. The number of alkyl halides is 4. The first-order valence-electron chi connectivity index (χ1n) is 6.18. The van der Waals surface area contributed by atoms with Gasteiger partial charge in [0.2, 0.25) is 0 Å². The number of aliphatic carboxylic acids is 1. The molecule has 21 heavy (non-hydrogen) atoms. The van der Waals surface area contributed by atoms with E-state index in [0.29, 0.717) is 0 Å². The number of carbonyl (C=O) groups excluding carboxylic acids is 1. The molecule has 0 atom stereocenters. The van der Waals surface area contributed by atoms with Crippen LogP contribution in [-0.2, 0) is 9.53 Å². The normalized spacial score (nSPS) is 18.3. The lowest BCUT2D eigenvalue weighted by atomic mass is 9.80. The first-order valence-corrected chi connectivity index (χ1v) is 6.18. The van der Waals surface area contributed by atoms with Crippen LogP contribution in [-0.4, -0.2) is 55.8 Å². The van der Waals surface area contributed by atoms with Crippen molar-refractivity contribution in [2.75, 3.05) is 26.3 Å². The molecule has 0 aromatic heterocycles. The van der Waals surface area contributed by atoms with Gasteiger partial charge in [-0.15, -0.1) is 0 Å². The molecular weight excluding hydrogens is 300 g/mol. The molecule has 0 aromatic carbocycles. The molecule has 1 rings (SSSR count). The first kappa shape index (κ1) is 17.5. The monoisotopic (exact) mass is 316 g/mol. The van der Waals surface area contributed by atoms with Crippen molar-refractivity contribution in [2.24, 2.45) is 5.41 Å². The fraction of sp³-hybridized carbons (Fsp3) is 0.818. The highest BCUT2D eigenvalue weighted by Crippen LogP contribution is 2.30. The first-order chi connectivity index (χ1) is 9.69. The molecule has 1 fully saturated rings. The zero-order chi connectivity index (χ0) is 16.1. The summed E-state index contributed by atoms with van der Waals surface area (Å²) in [6.45, 7) is -1.41. The maximum absolute atomic E-state index is 12.6. The fourth-order valence-electron chi connectivity index (χ4n) is 1.82. The Labute approximate surface area is 117 Å². The number of hydrogen-bond donors (Lipinski definition) is 3. The van der Waals surface area contributed by atoms with Gasteiger partial charge in [-0.3, -0.25) is 4.79 Å². The van der Waals surface area contributed by atoms with Gasteiger partial charge in [-0.1, -0.05) is 0 Å². The standard InChI is InChI=1S/C11H16F4N2O4/c12-7(13)11(14,15)6-17-9(20)16-5-10(8(18)19)1-3-21-4-2-10/h7H,1-6H2,(H,18,19)(H2,16,17,20). The predicted octanol–water partition coefficient (Wildman–Crippen LogP) is 1.07. The Kier molecular flexibility index (Phi) is 5.76. The summed E-state index contributed by atoms with van der Waals surface area (Å²) in [5, 5.41) is 12.9. The number of amides is 2. The van der Waals surface area contributed by atoms with E-state index < -0.39 is 36.3 Å². The molecular formula is C11H16F4N2O4. The van der Waals surface area contributed by atoms with E-state index >= 15 is 0 Å². The van der Waals surface area contributed by atoms with Crippen LogP contribution >= 0.6 is 0 Å².